The summed E-state index contributed by atoms with van der Waals surface area (Å²) in [6.07, 6.45) is 9.50. The SMILES string of the molecule is CC1(CCCCS(=O)(=O)O)C(/C=C/C=C/C=C2/N(CCCCCC(=O)O)c3cc(F)cc(F)c3C2(C)CCCCS(=O)(=O)O)=[N+](CCCCCC(=O)O)c2c(F)c(F)c(F)c(F)c21. The number of unbranched alkanes of at least 4 members (excludes halogenated alkanes) is 6. The van der Waals surface area contributed by atoms with Crippen molar-refractivity contribution in [3.8, 4) is 0 Å². The molecular formula is C43H53F6N2O10S2+. The van der Waals surface area contributed by atoms with Crippen LogP contribution < -0.4 is 4.90 Å². The highest BCUT2D eigenvalue weighted by atomic mass is 32.2. The van der Waals surface area contributed by atoms with Crippen LogP contribution in [0.4, 0.5) is 37.7 Å². The van der Waals surface area contributed by atoms with E-state index in [1.165, 1.54) is 35.8 Å². The lowest BCUT2D eigenvalue weighted by molar-refractivity contribution is -0.441. The van der Waals surface area contributed by atoms with Crippen LogP contribution in [0.3, 0.4) is 0 Å². The third-order valence-electron chi connectivity index (χ3n) is 11.6. The van der Waals surface area contributed by atoms with E-state index in [1.54, 1.807) is 24.0 Å². The molecule has 0 amide bonds. The molecule has 2 aliphatic rings. The van der Waals surface area contributed by atoms with E-state index < -0.39 is 101 Å². The van der Waals surface area contributed by atoms with Gasteiger partial charge in [-0.1, -0.05) is 37.5 Å². The summed E-state index contributed by atoms with van der Waals surface area (Å²) in [5.41, 5.74) is -2.86. The molecule has 0 fully saturated rings. The number of hydrogen-bond acceptors (Lipinski definition) is 7. The second kappa shape index (κ2) is 21.4. The number of nitrogens with zero attached hydrogens (tertiary/aromatic N) is 2. The molecule has 0 bridgehead atoms. The van der Waals surface area contributed by atoms with Crippen LogP contribution in [0.2, 0.25) is 0 Å². The number of carboxylic acids is 2. The number of benzene rings is 2. The normalized spacial score (nSPS) is 19.6. The van der Waals surface area contributed by atoms with E-state index in [0.717, 1.165) is 6.07 Å². The molecule has 2 aromatic carbocycles. The second-order valence-electron chi connectivity index (χ2n) is 16.3. The fourth-order valence-electron chi connectivity index (χ4n) is 8.65. The number of allylic oxidation sites excluding steroid dienone is 6. The first-order valence-electron chi connectivity index (χ1n) is 20.6. The first kappa shape index (κ1) is 51.1. The average Bonchev–Trinajstić information content (AvgIpc) is 3.55. The minimum Gasteiger partial charge on any atom is -0.481 e. The molecule has 4 rings (SSSR count). The van der Waals surface area contributed by atoms with Crippen LogP contribution in [0.1, 0.15) is 115 Å². The molecule has 0 aliphatic carbocycles. The summed E-state index contributed by atoms with van der Waals surface area (Å²) < 4.78 is 158. The minimum absolute atomic E-state index is 0.00812. The number of carbonyl (C=O) groups is 2. The molecule has 63 heavy (non-hydrogen) atoms. The highest BCUT2D eigenvalue weighted by Crippen LogP contribution is 2.52. The predicted octanol–water partition coefficient (Wildman–Crippen LogP) is 9.06. The van der Waals surface area contributed by atoms with Crippen LogP contribution in [-0.4, -0.2) is 83.0 Å². The summed E-state index contributed by atoms with van der Waals surface area (Å²) in [6.45, 7) is 3.29. The summed E-state index contributed by atoms with van der Waals surface area (Å²) in [4.78, 5) is 23.9. The molecule has 2 atom stereocenters. The smallest absolute Gasteiger partial charge is 0.303 e. The van der Waals surface area contributed by atoms with Gasteiger partial charge in [0.05, 0.1) is 28.2 Å². The maximum Gasteiger partial charge on any atom is 0.303 e. The minimum atomic E-state index is -4.39. The first-order valence-corrected chi connectivity index (χ1v) is 23.8. The van der Waals surface area contributed by atoms with E-state index in [0.29, 0.717) is 31.4 Å². The van der Waals surface area contributed by atoms with E-state index in [9.17, 15) is 48.7 Å². The Balaban J connectivity index is 1.81. The number of aliphatic carboxylic acids is 2. The lowest BCUT2D eigenvalue weighted by Gasteiger charge is -2.30. The van der Waals surface area contributed by atoms with Crippen molar-refractivity contribution in [2.24, 2.45) is 0 Å². The summed E-state index contributed by atoms with van der Waals surface area (Å²) in [5, 5.41) is 18.2. The van der Waals surface area contributed by atoms with Gasteiger partial charge in [0.15, 0.2) is 17.3 Å². The Bertz CT molecular complexity index is 2410. The van der Waals surface area contributed by atoms with Crippen LogP contribution in [-0.2, 0) is 40.7 Å². The number of anilines is 1. The second-order valence-corrected chi connectivity index (χ2v) is 19.4. The van der Waals surface area contributed by atoms with Gasteiger partial charge in [-0.05, 0) is 77.4 Å². The van der Waals surface area contributed by atoms with Crippen molar-refractivity contribution < 1.29 is 76.7 Å². The highest BCUT2D eigenvalue weighted by Gasteiger charge is 2.53. The van der Waals surface area contributed by atoms with Crippen molar-refractivity contribution in [3.05, 3.63) is 94.2 Å². The monoisotopic (exact) mass is 935 g/mol. The van der Waals surface area contributed by atoms with Gasteiger partial charge in [0.1, 0.15) is 18.2 Å². The van der Waals surface area contributed by atoms with Crippen molar-refractivity contribution in [1.82, 2.24) is 0 Å². The molecule has 2 heterocycles. The largest absolute Gasteiger partial charge is 0.481 e. The van der Waals surface area contributed by atoms with Gasteiger partial charge in [-0.25, -0.2) is 22.0 Å². The van der Waals surface area contributed by atoms with Gasteiger partial charge in [-0.15, -0.1) is 0 Å². The van der Waals surface area contributed by atoms with Gasteiger partial charge in [0, 0.05) is 54.6 Å². The van der Waals surface area contributed by atoms with Crippen LogP contribution in [0, 0.1) is 34.9 Å². The molecule has 2 aliphatic heterocycles. The molecule has 0 spiro atoms. The Labute approximate surface area is 363 Å². The average molecular weight is 936 g/mol. The standard InChI is InChI=1S/C43H52F6N2O10S2/c1-42(20-10-14-24-62(56,57)58)31(50(22-12-4-8-18-33(52)53)30-27-28(44)26-29(45)35(30)42)16-6-3-7-17-32-43(2,21-11-15-25-63(59,60)61)36-37(46)38(47)39(48)40(49)41(36)51(32)23-13-5-9-19-34(54)55/h3,6-7,16-17,26-27H,4-5,8-15,18-25H2,1-2H3,(H3-,52,53,54,55,56,57,58,59,60,61)/p+1. The number of rotatable bonds is 25. The van der Waals surface area contributed by atoms with Crippen LogP contribution in [0.5, 0.6) is 0 Å². The van der Waals surface area contributed by atoms with Gasteiger partial charge in [0.2, 0.25) is 11.6 Å². The van der Waals surface area contributed by atoms with E-state index in [-0.39, 0.29) is 94.3 Å². The summed E-state index contributed by atoms with van der Waals surface area (Å²) in [7, 11) is -8.69. The van der Waals surface area contributed by atoms with Gasteiger partial charge >= 0.3 is 11.9 Å². The summed E-state index contributed by atoms with van der Waals surface area (Å²) in [5.74, 6) is -12.3. The van der Waals surface area contributed by atoms with E-state index in [1.807, 2.05) is 0 Å². The van der Waals surface area contributed by atoms with Crippen LogP contribution in [0.25, 0.3) is 0 Å². The number of halogens is 6. The zero-order valence-electron chi connectivity index (χ0n) is 35.0. The Hall–Kier alpha value is -4.53. The summed E-state index contributed by atoms with van der Waals surface area (Å²) in [6, 6.07) is 1.90. The van der Waals surface area contributed by atoms with Crippen LogP contribution >= 0.6 is 0 Å². The molecule has 0 aromatic heterocycles. The molecule has 20 heteroatoms. The van der Waals surface area contributed by atoms with E-state index in [4.69, 9.17) is 10.2 Å². The number of hydrogen-bond donors (Lipinski definition) is 4. The third kappa shape index (κ3) is 12.8. The van der Waals surface area contributed by atoms with E-state index >= 15 is 13.2 Å². The molecule has 0 saturated carbocycles. The molecule has 4 N–H and O–H groups in total. The van der Waals surface area contributed by atoms with Crippen molar-refractivity contribution in [2.75, 3.05) is 29.5 Å². The Morgan fingerprint density at radius 3 is 1.79 bits per heavy atom. The highest BCUT2D eigenvalue weighted by molar-refractivity contribution is 7.86. The lowest BCUT2D eigenvalue weighted by atomic mass is 9.75. The molecular weight excluding hydrogens is 883 g/mol. The zero-order valence-corrected chi connectivity index (χ0v) is 36.6. The third-order valence-corrected chi connectivity index (χ3v) is 13.2. The quantitative estimate of drug-likeness (QED) is 0.0141. The van der Waals surface area contributed by atoms with E-state index in [2.05, 4.69) is 0 Å². The Kier molecular flexibility index (Phi) is 17.4. The predicted molar refractivity (Wildman–Crippen MR) is 224 cm³/mol. The number of fused-ring (bicyclic) bond motifs is 2. The van der Waals surface area contributed by atoms with Crippen molar-refractivity contribution in [1.29, 1.82) is 0 Å². The maximum absolute atomic E-state index is 15.9. The maximum atomic E-state index is 15.9. The Morgan fingerprint density at radius 1 is 0.667 bits per heavy atom. The van der Waals surface area contributed by atoms with Crippen molar-refractivity contribution in [3.63, 3.8) is 0 Å². The molecule has 2 aromatic rings. The zero-order chi connectivity index (χ0) is 46.9. The Morgan fingerprint density at radius 2 is 1.22 bits per heavy atom. The van der Waals surface area contributed by atoms with Crippen LogP contribution in [0.15, 0.2) is 48.2 Å². The van der Waals surface area contributed by atoms with Gasteiger partial charge in [-0.3, -0.25) is 18.7 Å². The molecule has 2 unspecified atom stereocenters. The topological polar surface area (TPSA) is 190 Å². The fraction of sp³-hybridized carbons (Fsp3) is 0.512. The van der Waals surface area contributed by atoms with Gasteiger partial charge in [-0.2, -0.15) is 25.8 Å². The van der Waals surface area contributed by atoms with Gasteiger partial charge in [0.25, 0.3) is 25.9 Å². The van der Waals surface area contributed by atoms with Crippen molar-refractivity contribution >= 4 is 49.3 Å². The number of carboxylic acid groups (broad SMARTS) is 2. The molecule has 348 valence electrons. The molecule has 0 saturated heterocycles. The molecule has 0 radical (unpaired) electrons. The fourth-order valence-corrected chi connectivity index (χ4v) is 9.79. The lowest BCUT2D eigenvalue weighted by Crippen LogP contribution is -2.32. The molecule has 12 nitrogen and oxygen atoms in total. The van der Waals surface area contributed by atoms with Gasteiger partial charge < -0.3 is 15.1 Å². The first-order chi connectivity index (χ1) is 29.4. The summed E-state index contributed by atoms with van der Waals surface area (Å²) >= 11 is 0. The van der Waals surface area contributed by atoms with Crippen molar-refractivity contribution in [2.45, 2.75) is 115 Å².